The van der Waals surface area contributed by atoms with Crippen LogP contribution in [0.2, 0.25) is 0 Å². The first-order valence-electron chi connectivity index (χ1n) is 17.2. The second-order valence-corrected chi connectivity index (χ2v) is 13.0. The summed E-state index contributed by atoms with van der Waals surface area (Å²) < 4.78 is 0. The summed E-state index contributed by atoms with van der Waals surface area (Å²) in [4.78, 5) is 5.01. The summed E-state index contributed by atoms with van der Waals surface area (Å²) in [5.41, 5.74) is 10.8. The number of hydrogen-bond donors (Lipinski definition) is 0. The van der Waals surface area contributed by atoms with Crippen LogP contribution in [-0.4, -0.2) is 4.98 Å². The Hall–Kier alpha value is -6.57. The van der Waals surface area contributed by atoms with Crippen molar-refractivity contribution in [2.45, 2.75) is 0 Å². The normalized spacial score (nSPS) is 11.6. The lowest BCUT2D eigenvalue weighted by Crippen LogP contribution is -1.93. The Bertz CT molecular complexity index is 2810. The third-order valence-electron chi connectivity index (χ3n) is 10.3. The van der Waals surface area contributed by atoms with E-state index >= 15 is 0 Å². The van der Waals surface area contributed by atoms with Crippen LogP contribution in [0.1, 0.15) is 0 Å². The lowest BCUT2D eigenvalue weighted by Gasteiger charge is -2.19. The highest BCUT2D eigenvalue weighted by molar-refractivity contribution is 6.23. The molecule has 9 aromatic carbocycles. The van der Waals surface area contributed by atoms with E-state index in [9.17, 15) is 0 Å². The van der Waals surface area contributed by atoms with E-state index in [0.29, 0.717) is 0 Å². The number of benzene rings is 9. The van der Waals surface area contributed by atoms with Crippen molar-refractivity contribution in [3.63, 3.8) is 0 Å². The minimum Gasteiger partial charge on any atom is -0.256 e. The first-order chi connectivity index (χ1) is 24.8. The Labute approximate surface area is 290 Å². The zero-order valence-electron chi connectivity index (χ0n) is 27.3. The third-order valence-corrected chi connectivity index (χ3v) is 10.3. The number of pyridine rings is 1. The zero-order chi connectivity index (χ0) is 33.0. The molecule has 0 aliphatic carbocycles. The van der Waals surface area contributed by atoms with Gasteiger partial charge in [0.05, 0.1) is 5.52 Å². The van der Waals surface area contributed by atoms with Crippen LogP contribution < -0.4 is 0 Å². The van der Waals surface area contributed by atoms with Crippen molar-refractivity contribution in [3.05, 3.63) is 188 Å². The second kappa shape index (κ2) is 11.5. The number of fused-ring (bicyclic) bond motifs is 5. The predicted octanol–water partition coefficient (Wildman–Crippen LogP) is 13.5. The maximum Gasteiger partial charge on any atom is 0.0792 e. The van der Waals surface area contributed by atoms with E-state index < -0.39 is 0 Å². The highest BCUT2D eigenvalue weighted by Crippen LogP contribution is 2.47. The van der Waals surface area contributed by atoms with Gasteiger partial charge in [0.25, 0.3) is 0 Å². The summed E-state index contributed by atoms with van der Waals surface area (Å²) in [6.45, 7) is 0. The van der Waals surface area contributed by atoms with Gasteiger partial charge in [0.15, 0.2) is 0 Å². The third kappa shape index (κ3) is 4.45. The maximum absolute atomic E-state index is 5.01. The van der Waals surface area contributed by atoms with Gasteiger partial charge < -0.3 is 0 Å². The molecule has 50 heavy (non-hydrogen) atoms. The zero-order valence-corrected chi connectivity index (χ0v) is 27.3. The largest absolute Gasteiger partial charge is 0.256 e. The molecule has 0 radical (unpaired) electrons. The van der Waals surface area contributed by atoms with E-state index in [2.05, 4.69) is 182 Å². The van der Waals surface area contributed by atoms with Crippen molar-refractivity contribution in [1.29, 1.82) is 0 Å². The van der Waals surface area contributed by atoms with Gasteiger partial charge in [-0.1, -0.05) is 164 Å². The highest BCUT2D eigenvalue weighted by Gasteiger charge is 2.20. The fourth-order valence-corrected chi connectivity index (χ4v) is 8.13. The van der Waals surface area contributed by atoms with E-state index in [1.165, 1.54) is 87.6 Å². The number of aromatic nitrogens is 1. The minimum absolute atomic E-state index is 1.02. The number of hydrogen-bond acceptors (Lipinski definition) is 1. The fraction of sp³-hybridized carbons (Fsp3) is 0. The van der Waals surface area contributed by atoms with Crippen LogP contribution >= 0.6 is 0 Å². The Morgan fingerprint density at radius 1 is 0.260 bits per heavy atom. The Morgan fingerprint density at radius 2 is 0.700 bits per heavy atom. The van der Waals surface area contributed by atoms with E-state index in [1.54, 1.807) is 0 Å². The number of nitrogens with zero attached hydrogens (tertiary/aromatic N) is 1. The lowest BCUT2D eigenvalue weighted by atomic mass is 9.84. The molecule has 0 amide bonds. The van der Waals surface area contributed by atoms with Gasteiger partial charge in [-0.25, -0.2) is 0 Å². The molecule has 0 saturated carbocycles. The lowest BCUT2D eigenvalue weighted by molar-refractivity contribution is 1.42. The molecule has 232 valence electrons. The molecule has 10 aromatic rings. The summed E-state index contributed by atoms with van der Waals surface area (Å²) in [6, 6.07) is 66.2. The van der Waals surface area contributed by atoms with Gasteiger partial charge in [0, 0.05) is 17.1 Å². The van der Waals surface area contributed by atoms with Gasteiger partial charge in [-0.15, -0.1) is 0 Å². The summed E-state index contributed by atoms with van der Waals surface area (Å²) >= 11 is 0. The summed E-state index contributed by atoms with van der Waals surface area (Å²) in [5, 5.41) is 11.1. The Kier molecular flexibility index (Phi) is 6.57. The molecule has 0 bridgehead atoms. The predicted molar refractivity (Wildman–Crippen MR) is 214 cm³/mol. The average molecular weight is 634 g/mol. The average Bonchev–Trinajstić information content (AvgIpc) is 3.19. The van der Waals surface area contributed by atoms with E-state index in [4.69, 9.17) is 4.98 Å². The molecule has 1 heteroatoms. The first kappa shape index (κ1) is 28.4. The summed E-state index contributed by atoms with van der Waals surface area (Å²) in [5.74, 6) is 0. The quantitative estimate of drug-likeness (QED) is 0.176. The maximum atomic E-state index is 5.01. The molecular formula is C49H31N. The smallest absolute Gasteiger partial charge is 0.0792 e. The van der Waals surface area contributed by atoms with Crippen LogP contribution in [0, 0.1) is 0 Å². The van der Waals surface area contributed by atoms with Crippen LogP contribution in [0.15, 0.2) is 188 Å². The Morgan fingerprint density at radius 3 is 1.30 bits per heavy atom. The van der Waals surface area contributed by atoms with Gasteiger partial charge in [-0.05, 0) is 100 Å². The van der Waals surface area contributed by atoms with E-state index in [-0.39, 0.29) is 0 Å². The minimum atomic E-state index is 1.02. The molecule has 0 atom stereocenters. The Balaban J connectivity index is 1.25. The molecule has 1 heterocycles. The standard InChI is InChI=1S/C49H31N/c1-2-15-33(16-3-1)48-43-25-11-10-24-42(43)47(44-26-13-29-50-49(44)48)36-19-12-18-35(31-36)45-38-20-6-8-22-40(38)46(41-23-9-7-21-39(41)45)37-28-27-32-14-4-5-17-34(32)30-37/h1-31H. The van der Waals surface area contributed by atoms with Crippen molar-refractivity contribution in [2.24, 2.45) is 0 Å². The molecular weight excluding hydrogens is 603 g/mol. The van der Waals surface area contributed by atoms with Gasteiger partial charge in [-0.2, -0.15) is 0 Å². The molecule has 1 nitrogen and oxygen atoms in total. The molecule has 0 saturated heterocycles. The second-order valence-electron chi connectivity index (χ2n) is 13.0. The molecule has 0 fully saturated rings. The van der Waals surface area contributed by atoms with Crippen LogP contribution in [0.4, 0.5) is 0 Å². The highest BCUT2D eigenvalue weighted by atomic mass is 14.7. The van der Waals surface area contributed by atoms with Crippen molar-refractivity contribution in [3.8, 4) is 44.5 Å². The number of rotatable bonds is 4. The van der Waals surface area contributed by atoms with E-state index in [0.717, 1.165) is 10.9 Å². The van der Waals surface area contributed by atoms with Crippen molar-refractivity contribution in [1.82, 2.24) is 4.98 Å². The molecule has 10 rings (SSSR count). The molecule has 0 aliphatic heterocycles. The molecule has 0 unspecified atom stereocenters. The molecule has 0 aliphatic rings. The molecule has 1 aromatic heterocycles. The topological polar surface area (TPSA) is 12.9 Å². The van der Waals surface area contributed by atoms with Crippen LogP contribution in [0.3, 0.4) is 0 Å². The van der Waals surface area contributed by atoms with Crippen LogP contribution in [0.25, 0.3) is 98.5 Å². The fourth-order valence-electron chi connectivity index (χ4n) is 8.13. The van der Waals surface area contributed by atoms with Gasteiger partial charge >= 0.3 is 0 Å². The van der Waals surface area contributed by atoms with Gasteiger partial charge in [-0.3, -0.25) is 4.98 Å². The van der Waals surface area contributed by atoms with Crippen LogP contribution in [0.5, 0.6) is 0 Å². The SMILES string of the molecule is c1ccc(-c2c3ccccc3c(-c3cccc(-c4c5ccccc5c(-c5ccc6ccccc6c5)c5ccccc45)c3)c3cccnc23)cc1. The molecule has 0 spiro atoms. The monoisotopic (exact) mass is 633 g/mol. The van der Waals surface area contributed by atoms with Gasteiger partial charge in [0.1, 0.15) is 0 Å². The summed E-state index contributed by atoms with van der Waals surface area (Å²) in [7, 11) is 0. The van der Waals surface area contributed by atoms with Crippen LogP contribution in [-0.2, 0) is 0 Å². The van der Waals surface area contributed by atoms with Gasteiger partial charge in [0.2, 0.25) is 0 Å². The van der Waals surface area contributed by atoms with Crippen molar-refractivity contribution < 1.29 is 0 Å². The summed E-state index contributed by atoms with van der Waals surface area (Å²) in [6.07, 6.45) is 1.92. The first-order valence-corrected chi connectivity index (χ1v) is 17.2. The molecule has 0 N–H and O–H groups in total. The van der Waals surface area contributed by atoms with E-state index in [1.807, 2.05) is 6.20 Å². The van der Waals surface area contributed by atoms with Crippen molar-refractivity contribution >= 4 is 54.0 Å². The van der Waals surface area contributed by atoms with Crippen molar-refractivity contribution in [2.75, 3.05) is 0 Å².